The first-order valence-electron chi connectivity index (χ1n) is 4.97. The van der Waals surface area contributed by atoms with E-state index in [-0.39, 0.29) is 0 Å². The van der Waals surface area contributed by atoms with Crippen molar-refractivity contribution in [3.05, 3.63) is 33.3 Å². The van der Waals surface area contributed by atoms with Crippen LogP contribution in [0.15, 0.2) is 22.7 Å². The van der Waals surface area contributed by atoms with Gasteiger partial charge in [0.2, 0.25) is 0 Å². The molecule has 0 radical (unpaired) electrons. The normalized spacial score (nSPS) is 26.6. The van der Waals surface area contributed by atoms with Crippen molar-refractivity contribution in [1.82, 2.24) is 5.32 Å². The number of halogens is 2. The second-order valence-electron chi connectivity index (χ2n) is 3.89. The van der Waals surface area contributed by atoms with Crippen LogP contribution in [-0.2, 0) is 0 Å². The molecule has 1 N–H and O–H groups in total. The van der Waals surface area contributed by atoms with Crippen LogP contribution in [0.2, 0.25) is 5.02 Å². The van der Waals surface area contributed by atoms with Gasteiger partial charge in [0, 0.05) is 9.50 Å². The lowest BCUT2D eigenvalue weighted by Gasteiger charge is -2.28. The first kappa shape index (κ1) is 11.8. The summed E-state index contributed by atoms with van der Waals surface area (Å²) in [6.07, 6.45) is 0. The average molecular weight is 307 g/mol. The number of hydrogen-bond donors (Lipinski definition) is 1. The van der Waals surface area contributed by atoms with Crippen LogP contribution in [0, 0.1) is 5.92 Å². The maximum Gasteiger partial charge on any atom is 0.0804 e. The van der Waals surface area contributed by atoms with Crippen LogP contribution in [-0.4, -0.2) is 12.3 Å². The van der Waals surface area contributed by atoms with E-state index in [1.807, 2.05) is 23.9 Å². The smallest absolute Gasteiger partial charge is 0.0804 e. The summed E-state index contributed by atoms with van der Waals surface area (Å²) < 4.78 is 1.03. The van der Waals surface area contributed by atoms with Gasteiger partial charge in [-0.25, -0.2) is 0 Å². The minimum atomic E-state index is 0.349. The molecular formula is C11H13BrClNS. The van der Waals surface area contributed by atoms with Crippen LogP contribution >= 0.6 is 39.3 Å². The van der Waals surface area contributed by atoms with Crippen molar-refractivity contribution in [1.29, 1.82) is 0 Å². The highest BCUT2D eigenvalue weighted by Gasteiger charge is 2.21. The van der Waals surface area contributed by atoms with Gasteiger partial charge in [0.05, 0.1) is 5.37 Å². The standard InChI is InChI=1S/C11H13BrClNS/c1-7-5-14-11(15-6-7)9-3-2-8(12)4-10(9)13/h2-4,7,11,14H,5-6H2,1H3. The Bertz CT molecular complexity index is 350. The molecule has 0 saturated carbocycles. The van der Waals surface area contributed by atoms with E-state index >= 15 is 0 Å². The van der Waals surface area contributed by atoms with Crippen molar-refractivity contribution in [2.45, 2.75) is 12.3 Å². The Labute approximate surface area is 108 Å². The summed E-state index contributed by atoms with van der Waals surface area (Å²) in [6.45, 7) is 3.34. The predicted molar refractivity (Wildman–Crippen MR) is 71.5 cm³/mol. The fourth-order valence-electron chi connectivity index (χ4n) is 1.60. The zero-order chi connectivity index (χ0) is 10.8. The maximum absolute atomic E-state index is 6.22. The van der Waals surface area contributed by atoms with Gasteiger partial charge in [-0.1, -0.05) is 40.5 Å². The molecule has 1 aliphatic rings. The Morgan fingerprint density at radius 3 is 2.93 bits per heavy atom. The summed E-state index contributed by atoms with van der Waals surface area (Å²) in [6, 6.07) is 6.09. The van der Waals surface area contributed by atoms with E-state index in [2.05, 4.69) is 34.2 Å². The fraction of sp³-hybridized carbons (Fsp3) is 0.455. The molecule has 1 fully saturated rings. The Balaban J connectivity index is 2.15. The van der Waals surface area contributed by atoms with Crippen LogP contribution < -0.4 is 5.32 Å². The molecule has 1 aromatic rings. The molecule has 1 aromatic carbocycles. The van der Waals surface area contributed by atoms with Crippen molar-refractivity contribution in [3.8, 4) is 0 Å². The molecule has 1 nitrogen and oxygen atoms in total. The largest absolute Gasteiger partial charge is 0.301 e. The van der Waals surface area contributed by atoms with Crippen molar-refractivity contribution in [3.63, 3.8) is 0 Å². The molecule has 0 amide bonds. The SMILES string of the molecule is CC1CNC(c2ccc(Br)cc2Cl)SC1. The van der Waals surface area contributed by atoms with Crippen molar-refractivity contribution in [2.24, 2.45) is 5.92 Å². The molecule has 2 atom stereocenters. The lowest BCUT2D eigenvalue weighted by molar-refractivity contribution is 0.529. The van der Waals surface area contributed by atoms with E-state index in [1.54, 1.807) is 0 Å². The zero-order valence-corrected chi connectivity index (χ0v) is 11.6. The third kappa shape index (κ3) is 2.90. The van der Waals surface area contributed by atoms with E-state index in [4.69, 9.17) is 11.6 Å². The van der Waals surface area contributed by atoms with Gasteiger partial charge >= 0.3 is 0 Å². The molecule has 2 rings (SSSR count). The van der Waals surface area contributed by atoms with E-state index in [9.17, 15) is 0 Å². The highest BCUT2D eigenvalue weighted by molar-refractivity contribution is 9.10. The first-order chi connectivity index (χ1) is 7.16. The van der Waals surface area contributed by atoms with E-state index in [0.717, 1.165) is 22.0 Å². The number of nitrogens with one attached hydrogen (secondary N) is 1. The average Bonchev–Trinajstić information content (AvgIpc) is 2.20. The quantitative estimate of drug-likeness (QED) is 0.839. The molecule has 0 bridgehead atoms. The van der Waals surface area contributed by atoms with Gasteiger partial charge in [0.1, 0.15) is 0 Å². The minimum Gasteiger partial charge on any atom is -0.301 e. The first-order valence-corrected chi connectivity index (χ1v) is 7.18. The number of thioether (sulfide) groups is 1. The monoisotopic (exact) mass is 305 g/mol. The number of hydrogen-bond acceptors (Lipinski definition) is 2. The molecule has 1 heterocycles. The van der Waals surface area contributed by atoms with Crippen molar-refractivity contribution < 1.29 is 0 Å². The number of rotatable bonds is 1. The lowest BCUT2D eigenvalue weighted by atomic mass is 10.2. The maximum atomic E-state index is 6.22. The summed E-state index contributed by atoms with van der Waals surface area (Å²) >= 11 is 11.6. The van der Waals surface area contributed by atoms with E-state index in [0.29, 0.717) is 5.37 Å². The Morgan fingerprint density at radius 2 is 2.33 bits per heavy atom. The van der Waals surface area contributed by atoms with Crippen molar-refractivity contribution in [2.75, 3.05) is 12.3 Å². The molecule has 4 heteroatoms. The molecule has 15 heavy (non-hydrogen) atoms. The Kier molecular flexibility index (Phi) is 3.99. The third-order valence-electron chi connectivity index (χ3n) is 2.44. The molecule has 1 saturated heterocycles. The predicted octanol–water partition coefficient (Wildman–Crippen LogP) is 4.07. The molecule has 0 aromatic heterocycles. The lowest BCUT2D eigenvalue weighted by Crippen LogP contribution is -2.31. The minimum absolute atomic E-state index is 0.349. The topological polar surface area (TPSA) is 12.0 Å². The summed E-state index contributed by atoms with van der Waals surface area (Å²) in [7, 11) is 0. The van der Waals surface area contributed by atoms with Gasteiger partial charge in [-0.3, -0.25) is 0 Å². The van der Waals surface area contributed by atoms with Crippen LogP contribution in [0.1, 0.15) is 17.9 Å². The van der Waals surface area contributed by atoms with E-state index < -0.39 is 0 Å². The second kappa shape index (κ2) is 5.09. The second-order valence-corrected chi connectivity index (χ2v) is 6.35. The van der Waals surface area contributed by atoms with Crippen LogP contribution in [0.4, 0.5) is 0 Å². The highest BCUT2D eigenvalue weighted by Crippen LogP contribution is 2.36. The highest BCUT2D eigenvalue weighted by atomic mass is 79.9. The Hall–Kier alpha value is 0.300. The van der Waals surface area contributed by atoms with Crippen molar-refractivity contribution >= 4 is 39.3 Å². The molecular weight excluding hydrogens is 294 g/mol. The Morgan fingerprint density at radius 1 is 1.53 bits per heavy atom. The number of benzene rings is 1. The summed E-state index contributed by atoms with van der Waals surface area (Å²) in [4.78, 5) is 0. The van der Waals surface area contributed by atoms with Crippen LogP contribution in [0.3, 0.4) is 0 Å². The van der Waals surface area contributed by atoms with E-state index in [1.165, 1.54) is 11.3 Å². The van der Waals surface area contributed by atoms with Gasteiger partial charge in [-0.15, -0.1) is 11.8 Å². The molecule has 0 aliphatic carbocycles. The summed E-state index contributed by atoms with van der Waals surface area (Å²) in [5.41, 5.74) is 1.19. The van der Waals surface area contributed by atoms with Crippen LogP contribution in [0.5, 0.6) is 0 Å². The summed E-state index contributed by atoms with van der Waals surface area (Å²) in [5.74, 6) is 1.95. The van der Waals surface area contributed by atoms with Gasteiger partial charge < -0.3 is 5.32 Å². The van der Waals surface area contributed by atoms with Crippen LogP contribution in [0.25, 0.3) is 0 Å². The molecule has 2 unspecified atom stereocenters. The van der Waals surface area contributed by atoms with Gasteiger partial charge in [0.25, 0.3) is 0 Å². The zero-order valence-electron chi connectivity index (χ0n) is 8.47. The third-order valence-corrected chi connectivity index (χ3v) is 4.78. The molecule has 1 aliphatic heterocycles. The molecule has 0 spiro atoms. The summed E-state index contributed by atoms with van der Waals surface area (Å²) in [5, 5.41) is 4.69. The van der Waals surface area contributed by atoms with Gasteiger partial charge in [0.15, 0.2) is 0 Å². The van der Waals surface area contributed by atoms with Gasteiger partial charge in [-0.2, -0.15) is 0 Å². The van der Waals surface area contributed by atoms with Gasteiger partial charge in [-0.05, 0) is 35.9 Å². The molecule has 82 valence electrons. The fourth-order valence-corrected chi connectivity index (χ4v) is 3.69.